The second kappa shape index (κ2) is 7.83. The highest BCUT2D eigenvalue weighted by Crippen LogP contribution is 2.32. The van der Waals surface area contributed by atoms with Gasteiger partial charge in [-0.1, -0.05) is 46.6 Å². The molecule has 2 nitrogen and oxygen atoms in total. The first-order valence-electron chi connectivity index (χ1n) is 7.06. The lowest BCUT2D eigenvalue weighted by Gasteiger charge is -2.21. The first kappa shape index (κ1) is 16.3. The van der Waals surface area contributed by atoms with Crippen LogP contribution in [0.4, 0.5) is 0 Å². The molecule has 0 radical (unpaired) electrons. The molecule has 2 aromatic carbocycles. The summed E-state index contributed by atoms with van der Waals surface area (Å²) in [6.45, 7) is 5.61. The highest BCUT2D eigenvalue weighted by Gasteiger charge is 2.17. The average molecular weight is 369 g/mol. The number of rotatable bonds is 6. The van der Waals surface area contributed by atoms with E-state index in [1.807, 2.05) is 37.3 Å². The number of halogens is 2. The zero-order valence-corrected chi connectivity index (χ0v) is 14.5. The van der Waals surface area contributed by atoms with E-state index in [4.69, 9.17) is 16.3 Å². The van der Waals surface area contributed by atoms with Crippen molar-refractivity contribution in [3.63, 3.8) is 0 Å². The van der Waals surface area contributed by atoms with Gasteiger partial charge in [-0.05, 0) is 54.9 Å². The number of hydrogen-bond acceptors (Lipinski definition) is 2. The van der Waals surface area contributed by atoms with Crippen molar-refractivity contribution >= 4 is 27.5 Å². The summed E-state index contributed by atoms with van der Waals surface area (Å²) in [5.74, 6) is 0.885. The Labute approximate surface area is 139 Å². The summed E-state index contributed by atoms with van der Waals surface area (Å²) in [5.41, 5.74) is 2.28. The topological polar surface area (TPSA) is 21.3 Å². The molecule has 0 aliphatic heterocycles. The van der Waals surface area contributed by atoms with Gasteiger partial charge in [-0.3, -0.25) is 0 Å². The molecular formula is C17H19BrClNO. The van der Waals surface area contributed by atoms with Crippen molar-refractivity contribution in [2.45, 2.75) is 19.9 Å². The molecule has 0 heterocycles. The van der Waals surface area contributed by atoms with Crippen LogP contribution in [-0.4, -0.2) is 13.2 Å². The van der Waals surface area contributed by atoms with Crippen molar-refractivity contribution in [3.8, 4) is 5.75 Å². The van der Waals surface area contributed by atoms with Crippen LogP contribution < -0.4 is 10.1 Å². The first-order valence-corrected chi connectivity index (χ1v) is 8.23. The van der Waals surface area contributed by atoms with Crippen LogP contribution in [0.2, 0.25) is 5.02 Å². The summed E-state index contributed by atoms with van der Waals surface area (Å²) in [7, 11) is 0. The molecule has 0 saturated heterocycles. The van der Waals surface area contributed by atoms with Crippen LogP contribution in [-0.2, 0) is 0 Å². The Morgan fingerprint density at radius 1 is 1.19 bits per heavy atom. The van der Waals surface area contributed by atoms with Crippen LogP contribution in [0.25, 0.3) is 0 Å². The minimum Gasteiger partial charge on any atom is -0.494 e. The SMILES string of the molecule is CCNC(c1cccc(OCC)c1)c1cc(Cl)ccc1Br. The maximum Gasteiger partial charge on any atom is 0.119 e. The lowest BCUT2D eigenvalue weighted by atomic mass is 9.98. The quantitative estimate of drug-likeness (QED) is 0.756. The standard InChI is InChI=1S/C17H19BrClNO/c1-3-20-17(15-11-13(19)8-9-16(15)18)12-6-5-7-14(10-12)21-4-2/h5-11,17,20H,3-4H2,1-2H3. The van der Waals surface area contributed by atoms with E-state index in [-0.39, 0.29) is 6.04 Å². The smallest absolute Gasteiger partial charge is 0.119 e. The minimum absolute atomic E-state index is 0.0727. The number of hydrogen-bond donors (Lipinski definition) is 1. The van der Waals surface area contributed by atoms with Crippen LogP contribution >= 0.6 is 27.5 Å². The molecule has 21 heavy (non-hydrogen) atoms. The molecule has 1 N–H and O–H groups in total. The van der Waals surface area contributed by atoms with Gasteiger partial charge >= 0.3 is 0 Å². The Balaban J connectivity index is 2.42. The second-order valence-corrected chi connectivity index (χ2v) is 5.95. The number of nitrogens with one attached hydrogen (secondary N) is 1. The van der Waals surface area contributed by atoms with E-state index in [1.165, 1.54) is 0 Å². The molecule has 0 spiro atoms. The van der Waals surface area contributed by atoms with Crippen LogP contribution in [0.5, 0.6) is 5.75 Å². The van der Waals surface area contributed by atoms with E-state index >= 15 is 0 Å². The Bertz CT molecular complexity index is 603. The fourth-order valence-corrected chi connectivity index (χ4v) is 2.95. The van der Waals surface area contributed by atoms with Crippen LogP contribution in [0, 0.1) is 0 Å². The maximum absolute atomic E-state index is 6.16. The predicted molar refractivity (Wildman–Crippen MR) is 92.3 cm³/mol. The van der Waals surface area contributed by atoms with E-state index in [9.17, 15) is 0 Å². The largest absolute Gasteiger partial charge is 0.494 e. The van der Waals surface area contributed by atoms with Gasteiger partial charge in [-0.15, -0.1) is 0 Å². The Morgan fingerprint density at radius 2 is 2.00 bits per heavy atom. The molecule has 1 unspecified atom stereocenters. The number of benzene rings is 2. The highest BCUT2D eigenvalue weighted by atomic mass is 79.9. The van der Waals surface area contributed by atoms with Crippen molar-refractivity contribution in [1.82, 2.24) is 5.32 Å². The van der Waals surface area contributed by atoms with Crippen LogP contribution in [0.1, 0.15) is 31.0 Å². The van der Waals surface area contributed by atoms with E-state index < -0.39 is 0 Å². The zero-order valence-electron chi connectivity index (χ0n) is 12.2. The lowest BCUT2D eigenvalue weighted by molar-refractivity contribution is 0.339. The van der Waals surface area contributed by atoms with E-state index in [1.54, 1.807) is 0 Å². The van der Waals surface area contributed by atoms with Gasteiger partial charge in [0.1, 0.15) is 5.75 Å². The van der Waals surface area contributed by atoms with E-state index in [2.05, 4.69) is 40.3 Å². The molecule has 2 rings (SSSR count). The molecular weight excluding hydrogens is 350 g/mol. The van der Waals surface area contributed by atoms with Crippen molar-refractivity contribution in [2.24, 2.45) is 0 Å². The molecule has 0 aliphatic carbocycles. The van der Waals surface area contributed by atoms with Gasteiger partial charge in [0.25, 0.3) is 0 Å². The molecule has 0 fully saturated rings. The summed E-state index contributed by atoms with van der Waals surface area (Å²) in [6.07, 6.45) is 0. The molecule has 0 saturated carbocycles. The van der Waals surface area contributed by atoms with Crippen molar-refractivity contribution in [2.75, 3.05) is 13.2 Å². The van der Waals surface area contributed by atoms with Crippen molar-refractivity contribution < 1.29 is 4.74 Å². The Morgan fingerprint density at radius 3 is 2.71 bits per heavy atom. The summed E-state index contributed by atoms with van der Waals surface area (Å²) in [4.78, 5) is 0. The number of ether oxygens (including phenoxy) is 1. The highest BCUT2D eigenvalue weighted by molar-refractivity contribution is 9.10. The van der Waals surface area contributed by atoms with Gasteiger partial charge in [-0.2, -0.15) is 0 Å². The summed E-state index contributed by atoms with van der Waals surface area (Å²) in [5, 5.41) is 4.24. The third-order valence-corrected chi connectivity index (χ3v) is 4.14. The molecule has 2 aromatic rings. The molecule has 0 aliphatic rings. The molecule has 0 aromatic heterocycles. The summed E-state index contributed by atoms with van der Waals surface area (Å²) < 4.78 is 6.64. The Hall–Kier alpha value is -1.03. The minimum atomic E-state index is 0.0727. The van der Waals surface area contributed by atoms with Gasteiger partial charge < -0.3 is 10.1 Å². The van der Waals surface area contributed by atoms with Gasteiger partial charge in [0.2, 0.25) is 0 Å². The van der Waals surface area contributed by atoms with Gasteiger partial charge in [0.15, 0.2) is 0 Å². The first-order chi connectivity index (χ1) is 10.2. The fourth-order valence-electron chi connectivity index (χ4n) is 2.30. The molecule has 0 bridgehead atoms. The van der Waals surface area contributed by atoms with Crippen LogP contribution in [0.3, 0.4) is 0 Å². The van der Waals surface area contributed by atoms with E-state index in [0.29, 0.717) is 6.61 Å². The van der Waals surface area contributed by atoms with Crippen molar-refractivity contribution in [1.29, 1.82) is 0 Å². The molecule has 4 heteroatoms. The zero-order chi connectivity index (χ0) is 15.2. The molecule has 0 amide bonds. The van der Waals surface area contributed by atoms with Gasteiger partial charge in [-0.25, -0.2) is 0 Å². The fraction of sp³-hybridized carbons (Fsp3) is 0.294. The normalized spacial score (nSPS) is 12.2. The van der Waals surface area contributed by atoms with Crippen LogP contribution in [0.15, 0.2) is 46.9 Å². The van der Waals surface area contributed by atoms with Gasteiger partial charge in [0, 0.05) is 9.50 Å². The van der Waals surface area contributed by atoms with Crippen molar-refractivity contribution in [3.05, 3.63) is 63.1 Å². The molecule has 1 atom stereocenters. The Kier molecular flexibility index (Phi) is 6.09. The predicted octanol–water partition coefficient (Wildman–Crippen LogP) is 5.20. The summed E-state index contributed by atoms with van der Waals surface area (Å²) >= 11 is 9.77. The average Bonchev–Trinajstić information content (AvgIpc) is 2.48. The lowest BCUT2D eigenvalue weighted by Crippen LogP contribution is -2.22. The third kappa shape index (κ3) is 4.22. The van der Waals surface area contributed by atoms with Gasteiger partial charge in [0.05, 0.1) is 12.6 Å². The summed E-state index contributed by atoms with van der Waals surface area (Å²) in [6, 6.07) is 14.1. The van der Waals surface area contributed by atoms with E-state index in [0.717, 1.165) is 32.9 Å². The maximum atomic E-state index is 6.16. The third-order valence-electron chi connectivity index (χ3n) is 3.18. The monoisotopic (exact) mass is 367 g/mol. The second-order valence-electron chi connectivity index (χ2n) is 4.66. The molecule has 112 valence electrons.